The molecule has 0 atom stereocenters. The van der Waals surface area contributed by atoms with Crippen molar-refractivity contribution in [2.75, 3.05) is 0 Å². The maximum absolute atomic E-state index is 9.43. The second kappa shape index (κ2) is 6.24. The molecule has 0 radical (unpaired) electrons. The smallest absolute Gasteiger partial charge is 0.101 e. The van der Waals surface area contributed by atoms with Crippen LogP contribution in [0.15, 0.2) is 12.1 Å². The van der Waals surface area contributed by atoms with Crippen molar-refractivity contribution in [1.82, 2.24) is 0 Å². The van der Waals surface area contributed by atoms with E-state index in [9.17, 15) is 10.5 Å². The Hall–Kier alpha value is -1.01. The highest BCUT2D eigenvalue weighted by Crippen LogP contribution is 2.43. The van der Waals surface area contributed by atoms with Crippen LogP contribution in [0, 0.1) is 22.7 Å². The molecule has 22 heavy (non-hydrogen) atoms. The Bertz CT molecular complexity index is 797. The first-order chi connectivity index (χ1) is 10.2. The van der Waals surface area contributed by atoms with E-state index < -0.39 is 8.07 Å². The van der Waals surface area contributed by atoms with Crippen molar-refractivity contribution in [3.8, 4) is 22.6 Å². The first-order valence-corrected chi connectivity index (χ1v) is 11.8. The van der Waals surface area contributed by atoms with Gasteiger partial charge in [-0.2, -0.15) is 10.5 Å². The summed E-state index contributed by atoms with van der Waals surface area (Å²) in [5.74, 6) is 0. The van der Waals surface area contributed by atoms with Crippen LogP contribution in [0.25, 0.3) is 10.4 Å². The fourth-order valence-corrected chi connectivity index (χ4v) is 5.65. The van der Waals surface area contributed by atoms with Gasteiger partial charge in [-0.1, -0.05) is 60.5 Å². The van der Waals surface area contributed by atoms with Gasteiger partial charge in [0.2, 0.25) is 0 Å². The molecule has 1 aromatic heterocycles. The number of thiophene rings is 1. The van der Waals surface area contributed by atoms with E-state index in [1.54, 1.807) is 11.3 Å². The molecule has 0 fully saturated rings. The Morgan fingerprint density at radius 2 is 1.41 bits per heavy atom. The molecule has 0 saturated carbocycles. The number of nitrogens with zero attached hydrogens (tertiary/aromatic N) is 2. The molecular formula is C15H11Cl3N2SSi. The fourth-order valence-electron chi connectivity index (χ4n) is 1.99. The monoisotopic (exact) mass is 384 g/mol. The summed E-state index contributed by atoms with van der Waals surface area (Å²) in [7, 11) is -1.48. The molecule has 0 spiro atoms. The highest BCUT2D eigenvalue weighted by molar-refractivity contribution is 7.28. The van der Waals surface area contributed by atoms with Crippen LogP contribution in [0.2, 0.25) is 34.7 Å². The van der Waals surface area contributed by atoms with E-state index in [4.69, 9.17) is 34.8 Å². The zero-order chi connectivity index (χ0) is 16.7. The van der Waals surface area contributed by atoms with Crippen LogP contribution < -0.4 is 4.50 Å². The molecule has 0 saturated heterocycles. The lowest BCUT2D eigenvalue weighted by Gasteiger charge is -2.13. The number of nitriles is 2. The molecule has 2 rings (SSSR count). The predicted molar refractivity (Wildman–Crippen MR) is 97.2 cm³/mol. The Labute approximate surface area is 149 Å². The predicted octanol–water partition coefficient (Wildman–Crippen LogP) is 5.66. The molecule has 2 aromatic rings. The molecule has 112 valence electrons. The molecule has 2 nitrogen and oxygen atoms in total. The minimum absolute atomic E-state index is 0.0437. The molecule has 7 heteroatoms. The zero-order valence-corrected chi connectivity index (χ0v) is 16.2. The lowest BCUT2D eigenvalue weighted by atomic mass is 10.0. The third-order valence-corrected chi connectivity index (χ3v) is 9.17. The summed E-state index contributed by atoms with van der Waals surface area (Å²) in [6.07, 6.45) is 0. The summed E-state index contributed by atoms with van der Waals surface area (Å²) in [6, 6.07) is 8.05. The van der Waals surface area contributed by atoms with Gasteiger partial charge in [-0.15, -0.1) is 11.3 Å². The first kappa shape index (κ1) is 17.3. The third kappa shape index (κ3) is 2.90. The molecule has 1 heterocycles. The average molecular weight is 386 g/mol. The van der Waals surface area contributed by atoms with Crippen molar-refractivity contribution in [3.05, 3.63) is 38.3 Å². The number of rotatable bonds is 2. The second-order valence-electron chi connectivity index (χ2n) is 5.70. The fraction of sp³-hybridized carbons (Fsp3) is 0.200. The third-order valence-electron chi connectivity index (χ3n) is 3.14. The summed E-state index contributed by atoms with van der Waals surface area (Å²) in [6.45, 7) is 6.71. The van der Waals surface area contributed by atoms with Gasteiger partial charge in [0, 0.05) is 10.4 Å². The van der Waals surface area contributed by atoms with Crippen LogP contribution in [0.4, 0.5) is 0 Å². The van der Waals surface area contributed by atoms with Crippen molar-refractivity contribution in [2.45, 2.75) is 19.6 Å². The lowest BCUT2D eigenvalue weighted by Crippen LogP contribution is -2.34. The molecule has 1 aromatic carbocycles. The average Bonchev–Trinajstić information content (AvgIpc) is 2.94. The second-order valence-corrected chi connectivity index (χ2v) is 13.3. The molecule has 0 N–H and O–H groups in total. The van der Waals surface area contributed by atoms with Crippen molar-refractivity contribution in [1.29, 1.82) is 10.5 Å². The van der Waals surface area contributed by atoms with Crippen molar-refractivity contribution in [3.63, 3.8) is 0 Å². The Balaban J connectivity index is 2.84. The van der Waals surface area contributed by atoms with Gasteiger partial charge >= 0.3 is 0 Å². The Morgan fingerprint density at radius 3 is 1.77 bits per heavy atom. The van der Waals surface area contributed by atoms with Crippen molar-refractivity contribution in [2.24, 2.45) is 0 Å². The Morgan fingerprint density at radius 1 is 0.909 bits per heavy atom. The van der Waals surface area contributed by atoms with Crippen LogP contribution in [-0.4, -0.2) is 8.07 Å². The Kier molecular flexibility index (Phi) is 4.92. The molecule has 0 aliphatic rings. The maximum atomic E-state index is 9.43. The lowest BCUT2D eigenvalue weighted by molar-refractivity contribution is 1.45. The van der Waals surface area contributed by atoms with Crippen LogP contribution >= 0.6 is 46.1 Å². The van der Waals surface area contributed by atoms with E-state index in [1.165, 1.54) is 4.50 Å². The highest BCUT2D eigenvalue weighted by atomic mass is 35.5. The van der Waals surface area contributed by atoms with Gasteiger partial charge in [0.15, 0.2) is 0 Å². The molecule has 0 unspecified atom stereocenters. The van der Waals surface area contributed by atoms with Gasteiger partial charge in [-0.05, 0) is 10.6 Å². The van der Waals surface area contributed by atoms with Gasteiger partial charge in [-0.3, -0.25) is 0 Å². The standard InChI is InChI=1S/C15H11Cl3N2SSi/c1-22(2,3)11-5-4-10(21-11)12-8(6-19)13(16)15(18)14(17)9(12)7-20/h4-5H,1-3H3. The van der Waals surface area contributed by atoms with Gasteiger partial charge < -0.3 is 0 Å². The number of hydrogen-bond donors (Lipinski definition) is 0. The van der Waals surface area contributed by atoms with Crippen molar-refractivity contribution < 1.29 is 0 Å². The molecule has 0 aliphatic carbocycles. The van der Waals surface area contributed by atoms with Crippen LogP contribution in [0.3, 0.4) is 0 Å². The normalized spacial score (nSPS) is 11.1. The van der Waals surface area contributed by atoms with E-state index in [2.05, 4.69) is 19.6 Å². The summed E-state index contributed by atoms with van der Waals surface area (Å²) < 4.78 is 1.28. The summed E-state index contributed by atoms with van der Waals surface area (Å²) in [5.41, 5.74) is 0.854. The van der Waals surface area contributed by atoms with E-state index >= 15 is 0 Å². The van der Waals surface area contributed by atoms with Gasteiger partial charge in [-0.25, -0.2) is 0 Å². The first-order valence-electron chi connectivity index (χ1n) is 6.33. The van der Waals surface area contributed by atoms with Crippen LogP contribution in [-0.2, 0) is 0 Å². The molecular weight excluding hydrogens is 375 g/mol. The quantitative estimate of drug-likeness (QED) is 0.494. The van der Waals surface area contributed by atoms with Gasteiger partial charge in [0.25, 0.3) is 0 Å². The van der Waals surface area contributed by atoms with E-state index in [0.29, 0.717) is 5.56 Å². The minimum Gasteiger partial charge on any atom is -0.192 e. The molecule has 0 bridgehead atoms. The summed E-state index contributed by atoms with van der Waals surface area (Å²) in [5, 5.41) is 19.1. The van der Waals surface area contributed by atoms with Crippen molar-refractivity contribution >= 4 is 58.7 Å². The largest absolute Gasteiger partial charge is 0.192 e. The van der Waals surface area contributed by atoms with Gasteiger partial charge in [0.05, 0.1) is 34.3 Å². The highest BCUT2D eigenvalue weighted by Gasteiger charge is 2.25. The molecule has 0 aliphatic heterocycles. The topological polar surface area (TPSA) is 47.6 Å². The van der Waals surface area contributed by atoms with Gasteiger partial charge in [0.1, 0.15) is 12.1 Å². The molecule has 0 amide bonds. The van der Waals surface area contributed by atoms with E-state index in [1.807, 2.05) is 24.3 Å². The SMILES string of the molecule is C[Si](C)(C)c1ccc(-c2c(C#N)c(Cl)c(Cl)c(Cl)c2C#N)s1. The summed E-state index contributed by atoms with van der Waals surface area (Å²) in [4.78, 5) is 0.811. The number of benzene rings is 1. The van der Waals surface area contributed by atoms with Crippen LogP contribution in [0.1, 0.15) is 11.1 Å². The summed E-state index contributed by atoms with van der Waals surface area (Å²) >= 11 is 19.9. The van der Waals surface area contributed by atoms with E-state index in [0.717, 1.165) is 4.88 Å². The maximum Gasteiger partial charge on any atom is 0.101 e. The minimum atomic E-state index is -1.48. The van der Waals surface area contributed by atoms with E-state index in [-0.39, 0.29) is 26.2 Å². The van der Waals surface area contributed by atoms with Crippen LogP contribution in [0.5, 0.6) is 0 Å². The number of hydrogen-bond acceptors (Lipinski definition) is 3. The zero-order valence-electron chi connectivity index (χ0n) is 12.1. The number of halogens is 3.